The lowest BCUT2D eigenvalue weighted by atomic mass is 9.93. The van der Waals surface area contributed by atoms with Crippen LogP contribution in [0.3, 0.4) is 0 Å². The van der Waals surface area contributed by atoms with Crippen molar-refractivity contribution in [1.29, 1.82) is 0 Å². The number of aromatic amines is 1. The molecule has 2 saturated carbocycles. The van der Waals surface area contributed by atoms with Gasteiger partial charge in [-0.05, 0) is 86.7 Å². The fraction of sp³-hybridized carbons (Fsp3) is 0.516. The van der Waals surface area contributed by atoms with Crippen molar-refractivity contribution in [2.75, 3.05) is 19.6 Å². The van der Waals surface area contributed by atoms with E-state index in [0.29, 0.717) is 22.2 Å². The molecule has 2 aromatic carbocycles. The van der Waals surface area contributed by atoms with E-state index in [1.54, 1.807) is 18.2 Å². The summed E-state index contributed by atoms with van der Waals surface area (Å²) in [7, 11) is 0. The molecule has 38 heavy (non-hydrogen) atoms. The van der Waals surface area contributed by atoms with Gasteiger partial charge in [-0.15, -0.1) is 0 Å². The number of nitrogens with one attached hydrogen (secondary N) is 2. The number of carbonyl (C=O) groups is 1. The summed E-state index contributed by atoms with van der Waals surface area (Å²) < 4.78 is 32.7. The third-order valence-electron chi connectivity index (χ3n) is 9.16. The van der Waals surface area contributed by atoms with E-state index >= 15 is 0 Å². The molecule has 202 valence electrons. The zero-order valence-electron chi connectivity index (χ0n) is 21.9. The molecular formula is C31H37F2N3O2. The zero-order chi connectivity index (χ0) is 26.1. The summed E-state index contributed by atoms with van der Waals surface area (Å²) in [6.45, 7) is 3.25. The van der Waals surface area contributed by atoms with Crippen LogP contribution in [-0.4, -0.2) is 41.5 Å². The van der Waals surface area contributed by atoms with Gasteiger partial charge in [-0.25, -0.2) is 8.78 Å². The molecule has 1 aliphatic heterocycles. The first-order chi connectivity index (χ1) is 18.5. The fourth-order valence-electron chi connectivity index (χ4n) is 6.79. The third kappa shape index (κ3) is 5.44. The number of amides is 1. The van der Waals surface area contributed by atoms with Gasteiger partial charge in [0.25, 0.3) is 5.91 Å². The van der Waals surface area contributed by atoms with E-state index in [4.69, 9.17) is 4.74 Å². The van der Waals surface area contributed by atoms with E-state index in [0.717, 1.165) is 49.5 Å². The first-order valence-corrected chi connectivity index (χ1v) is 14.3. The predicted octanol–water partition coefficient (Wildman–Crippen LogP) is 7.18. The zero-order valence-corrected chi connectivity index (χ0v) is 21.9. The van der Waals surface area contributed by atoms with Crippen LogP contribution in [0.1, 0.15) is 74.7 Å². The Kier molecular flexibility index (Phi) is 7.12. The highest BCUT2D eigenvalue weighted by Crippen LogP contribution is 2.62. The maximum absolute atomic E-state index is 13.6. The van der Waals surface area contributed by atoms with Crippen LogP contribution < -0.4 is 10.1 Å². The molecule has 1 saturated heterocycles. The van der Waals surface area contributed by atoms with Crippen LogP contribution >= 0.6 is 0 Å². The van der Waals surface area contributed by atoms with Crippen molar-refractivity contribution in [3.63, 3.8) is 0 Å². The number of rotatable bonds is 7. The van der Waals surface area contributed by atoms with Crippen molar-refractivity contribution < 1.29 is 18.3 Å². The molecule has 1 unspecified atom stereocenters. The Hall–Kier alpha value is -2.93. The van der Waals surface area contributed by atoms with Gasteiger partial charge in [-0.1, -0.05) is 31.7 Å². The minimum atomic E-state index is -0.967. The first-order valence-electron chi connectivity index (χ1n) is 14.3. The van der Waals surface area contributed by atoms with Crippen molar-refractivity contribution in [1.82, 2.24) is 15.2 Å². The molecule has 3 aliphatic rings. The van der Waals surface area contributed by atoms with Gasteiger partial charge in [0.15, 0.2) is 11.6 Å². The van der Waals surface area contributed by atoms with Gasteiger partial charge in [0.2, 0.25) is 0 Å². The van der Waals surface area contributed by atoms with Crippen LogP contribution in [0.4, 0.5) is 8.78 Å². The van der Waals surface area contributed by atoms with Crippen LogP contribution in [0.5, 0.6) is 11.5 Å². The molecule has 5 nitrogen and oxygen atoms in total. The Balaban J connectivity index is 1.01. The quantitative estimate of drug-likeness (QED) is 0.346. The standard InChI is InChI=1S/C31H37F2N3O2/c32-25-9-8-23(18-26(25)33)38-29-7-5-6-27-24(29)19-28(35-27)30(37)34-22-11-16-36(17-12-22)15-10-21-20-31(21)13-3-1-2-4-14-31/h5-9,18-19,21-22,35H,1-4,10-17,20H2,(H,34,37). The highest BCUT2D eigenvalue weighted by Gasteiger charge is 2.52. The van der Waals surface area contributed by atoms with Gasteiger partial charge >= 0.3 is 0 Å². The average molecular weight is 522 g/mol. The number of ether oxygens (including phenoxy) is 1. The maximum Gasteiger partial charge on any atom is 0.267 e. The molecule has 1 aromatic heterocycles. The van der Waals surface area contributed by atoms with Crippen molar-refractivity contribution in [2.24, 2.45) is 11.3 Å². The summed E-state index contributed by atoms with van der Waals surface area (Å²) in [5, 5.41) is 3.91. The van der Waals surface area contributed by atoms with Gasteiger partial charge in [0.05, 0.1) is 0 Å². The molecule has 1 atom stereocenters. The van der Waals surface area contributed by atoms with Gasteiger partial charge in [-0.2, -0.15) is 0 Å². The topological polar surface area (TPSA) is 57.4 Å². The average Bonchev–Trinajstić information content (AvgIpc) is 3.51. The van der Waals surface area contributed by atoms with E-state index in [2.05, 4.69) is 15.2 Å². The Morgan fingerprint density at radius 2 is 1.82 bits per heavy atom. The van der Waals surface area contributed by atoms with Crippen molar-refractivity contribution >= 4 is 16.8 Å². The number of likely N-dealkylation sites (tertiary alicyclic amines) is 1. The summed E-state index contributed by atoms with van der Waals surface area (Å²) in [5.41, 5.74) is 1.91. The fourth-order valence-corrected chi connectivity index (χ4v) is 6.79. The van der Waals surface area contributed by atoms with Crippen LogP contribution in [-0.2, 0) is 0 Å². The number of hydrogen-bond acceptors (Lipinski definition) is 3. The second-order valence-corrected chi connectivity index (χ2v) is 11.6. The first kappa shape index (κ1) is 25.4. The number of fused-ring (bicyclic) bond motifs is 1. The SMILES string of the molecule is O=C(NC1CCN(CCC2CC23CCCCCC3)CC1)c1cc2c(Oc3ccc(F)c(F)c3)cccc2[nH]1. The van der Waals surface area contributed by atoms with Crippen LogP contribution in [0.2, 0.25) is 0 Å². The van der Waals surface area contributed by atoms with E-state index < -0.39 is 11.6 Å². The van der Waals surface area contributed by atoms with Crippen molar-refractivity contribution in [3.05, 3.63) is 59.8 Å². The summed E-state index contributed by atoms with van der Waals surface area (Å²) in [6.07, 6.45) is 13.4. The molecule has 3 fully saturated rings. The predicted molar refractivity (Wildman–Crippen MR) is 145 cm³/mol. The third-order valence-corrected chi connectivity index (χ3v) is 9.16. The number of H-pyrrole nitrogens is 1. The van der Waals surface area contributed by atoms with E-state index in [1.165, 1.54) is 64.0 Å². The molecule has 6 rings (SSSR count). The second-order valence-electron chi connectivity index (χ2n) is 11.6. The summed E-state index contributed by atoms with van der Waals surface area (Å²) in [4.78, 5) is 18.8. The Morgan fingerprint density at radius 3 is 2.58 bits per heavy atom. The maximum atomic E-state index is 13.6. The van der Waals surface area contributed by atoms with E-state index in [9.17, 15) is 13.6 Å². The van der Waals surface area contributed by atoms with Gasteiger partial charge in [0.1, 0.15) is 17.2 Å². The normalized spacial score (nSPS) is 21.9. The smallest absolute Gasteiger partial charge is 0.267 e. The van der Waals surface area contributed by atoms with Gasteiger partial charge in [0, 0.05) is 36.1 Å². The molecule has 2 heterocycles. The number of halogens is 2. The molecule has 3 aromatic rings. The van der Waals surface area contributed by atoms with E-state index in [-0.39, 0.29) is 17.7 Å². The molecule has 2 aliphatic carbocycles. The molecular weight excluding hydrogens is 484 g/mol. The highest BCUT2D eigenvalue weighted by atomic mass is 19.2. The van der Waals surface area contributed by atoms with Crippen LogP contribution in [0.25, 0.3) is 10.9 Å². The van der Waals surface area contributed by atoms with E-state index in [1.807, 2.05) is 6.07 Å². The molecule has 0 bridgehead atoms. The summed E-state index contributed by atoms with van der Waals surface area (Å²) in [6, 6.07) is 10.8. The highest BCUT2D eigenvalue weighted by molar-refractivity contribution is 5.99. The van der Waals surface area contributed by atoms with Crippen molar-refractivity contribution in [3.8, 4) is 11.5 Å². The molecule has 0 radical (unpaired) electrons. The number of hydrogen-bond donors (Lipinski definition) is 2. The van der Waals surface area contributed by atoms with Crippen LogP contribution in [0.15, 0.2) is 42.5 Å². The second kappa shape index (κ2) is 10.7. The van der Waals surface area contributed by atoms with Crippen molar-refractivity contribution in [2.45, 2.75) is 70.3 Å². The lowest BCUT2D eigenvalue weighted by Gasteiger charge is -2.32. The number of aromatic nitrogens is 1. The summed E-state index contributed by atoms with van der Waals surface area (Å²) >= 11 is 0. The molecule has 7 heteroatoms. The van der Waals surface area contributed by atoms with Crippen LogP contribution in [0, 0.1) is 23.0 Å². The molecule has 2 N–H and O–H groups in total. The Labute approximate surface area is 222 Å². The Bertz CT molecular complexity index is 1290. The van der Waals surface area contributed by atoms with Gasteiger partial charge < -0.3 is 19.9 Å². The Morgan fingerprint density at radius 1 is 1.03 bits per heavy atom. The number of piperidine rings is 1. The minimum absolute atomic E-state index is 0.133. The number of benzene rings is 2. The monoisotopic (exact) mass is 521 g/mol. The summed E-state index contributed by atoms with van der Waals surface area (Å²) in [5.74, 6) is -0.415. The lowest BCUT2D eigenvalue weighted by molar-refractivity contribution is 0.0905. The number of carbonyl (C=O) groups excluding carboxylic acids is 1. The number of nitrogens with zero attached hydrogens (tertiary/aromatic N) is 1. The molecule has 1 amide bonds. The largest absolute Gasteiger partial charge is 0.457 e. The molecule has 1 spiro atoms. The van der Waals surface area contributed by atoms with Gasteiger partial charge in [-0.3, -0.25) is 4.79 Å². The minimum Gasteiger partial charge on any atom is -0.457 e. The lowest BCUT2D eigenvalue weighted by Crippen LogP contribution is -2.45.